The SMILES string of the molecule is Cc1ccc(CC=O)cc1Nc1ccnc(Cl)n1. The maximum atomic E-state index is 10.5. The first kappa shape index (κ1) is 12.5. The van der Waals surface area contributed by atoms with Crippen LogP contribution in [0, 0.1) is 6.92 Å². The van der Waals surface area contributed by atoms with Crippen LogP contribution in [0.5, 0.6) is 0 Å². The van der Waals surface area contributed by atoms with Crippen LogP contribution < -0.4 is 5.32 Å². The number of aldehydes is 1. The van der Waals surface area contributed by atoms with E-state index in [9.17, 15) is 4.79 Å². The van der Waals surface area contributed by atoms with E-state index in [1.165, 1.54) is 0 Å². The van der Waals surface area contributed by atoms with Gasteiger partial charge in [-0.3, -0.25) is 0 Å². The molecule has 4 nitrogen and oxygen atoms in total. The smallest absolute Gasteiger partial charge is 0.224 e. The van der Waals surface area contributed by atoms with E-state index in [4.69, 9.17) is 11.6 Å². The lowest BCUT2D eigenvalue weighted by Crippen LogP contribution is -1.98. The van der Waals surface area contributed by atoms with Gasteiger partial charge in [-0.1, -0.05) is 12.1 Å². The monoisotopic (exact) mass is 261 g/mol. The van der Waals surface area contributed by atoms with E-state index in [1.807, 2.05) is 25.1 Å². The van der Waals surface area contributed by atoms with Gasteiger partial charge < -0.3 is 10.1 Å². The average Bonchev–Trinajstić information content (AvgIpc) is 2.34. The Morgan fingerprint density at radius 2 is 2.22 bits per heavy atom. The Kier molecular flexibility index (Phi) is 3.89. The summed E-state index contributed by atoms with van der Waals surface area (Å²) >= 11 is 5.72. The van der Waals surface area contributed by atoms with Gasteiger partial charge in [0, 0.05) is 18.3 Å². The Morgan fingerprint density at radius 3 is 2.94 bits per heavy atom. The zero-order valence-corrected chi connectivity index (χ0v) is 10.6. The second-order valence-corrected chi connectivity index (χ2v) is 4.19. The van der Waals surface area contributed by atoms with Crippen LogP contribution in [-0.2, 0) is 11.2 Å². The fourth-order valence-electron chi connectivity index (χ4n) is 1.57. The Hall–Kier alpha value is -1.94. The molecule has 5 heteroatoms. The van der Waals surface area contributed by atoms with Crippen molar-refractivity contribution in [2.75, 3.05) is 5.32 Å². The minimum absolute atomic E-state index is 0.196. The second-order valence-electron chi connectivity index (χ2n) is 3.86. The van der Waals surface area contributed by atoms with E-state index < -0.39 is 0 Å². The molecule has 0 radical (unpaired) electrons. The molecule has 0 spiro atoms. The predicted molar refractivity (Wildman–Crippen MR) is 71.3 cm³/mol. The Morgan fingerprint density at radius 1 is 1.39 bits per heavy atom. The number of hydrogen-bond donors (Lipinski definition) is 1. The largest absolute Gasteiger partial charge is 0.340 e. The minimum Gasteiger partial charge on any atom is -0.340 e. The molecule has 2 rings (SSSR count). The van der Waals surface area contributed by atoms with Gasteiger partial charge >= 0.3 is 0 Å². The molecule has 0 fully saturated rings. The summed E-state index contributed by atoms with van der Waals surface area (Å²) in [6.07, 6.45) is 2.87. The zero-order valence-electron chi connectivity index (χ0n) is 9.85. The molecule has 0 saturated carbocycles. The van der Waals surface area contributed by atoms with Crippen molar-refractivity contribution in [1.29, 1.82) is 0 Å². The normalized spacial score (nSPS) is 10.1. The van der Waals surface area contributed by atoms with E-state index in [-0.39, 0.29) is 5.28 Å². The fraction of sp³-hybridized carbons (Fsp3) is 0.154. The number of rotatable bonds is 4. The number of nitrogens with zero attached hydrogens (tertiary/aromatic N) is 2. The van der Waals surface area contributed by atoms with Gasteiger partial charge in [0.15, 0.2) is 0 Å². The lowest BCUT2D eigenvalue weighted by atomic mass is 10.1. The highest BCUT2D eigenvalue weighted by Crippen LogP contribution is 2.21. The van der Waals surface area contributed by atoms with Crippen LogP contribution in [0.15, 0.2) is 30.5 Å². The van der Waals surface area contributed by atoms with E-state index >= 15 is 0 Å². The molecular formula is C13H12ClN3O. The summed E-state index contributed by atoms with van der Waals surface area (Å²) < 4.78 is 0. The maximum absolute atomic E-state index is 10.5. The topological polar surface area (TPSA) is 54.9 Å². The summed E-state index contributed by atoms with van der Waals surface area (Å²) in [5.74, 6) is 0.626. The summed E-state index contributed by atoms with van der Waals surface area (Å²) in [6.45, 7) is 1.98. The van der Waals surface area contributed by atoms with Gasteiger partial charge in [-0.2, -0.15) is 0 Å². The van der Waals surface area contributed by atoms with Crippen molar-refractivity contribution in [3.8, 4) is 0 Å². The number of benzene rings is 1. The van der Waals surface area contributed by atoms with Gasteiger partial charge in [-0.15, -0.1) is 0 Å². The van der Waals surface area contributed by atoms with Gasteiger partial charge in [0.1, 0.15) is 12.1 Å². The summed E-state index contributed by atoms with van der Waals surface area (Å²) in [7, 11) is 0. The Balaban J connectivity index is 2.27. The van der Waals surface area contributed by atoms with Crippen molar-refractivity contribution in [3.05, 3.63) is 46.9 Å². The number of nitrogens with one attached hydrogen (secondary N) is 1. The van der Waals surface area contributed by atoms with Gasteiger partial charge in [-0.25, -0.2) is 9.97 Å². The highest BCUT2D eigenvalue weighted by Gasteiger charge is 2.03. The standard InChI is InChI=1S/C13H12ClN3O/c1-9-2-3-10(5-7-18)8-11(9)16-12-4-6-15-13(14)17-12/h2-4,6-8H,5H2,1H3,(H,15,16,17). The van der Waals surface area contributed by atoms with Crippen LogP contribution in [0.3, 0.4) is 0 Å². The van der Waals surface area contributed by atoms with E-state index in [1.54, 1.807) is 12.3 Å². The first-order valence-corrected chi connectivity index (χ1v) is 5.85. The number of anilines is 2. The van der Waals surface area contributed by atoms with Crippen molar-refractivity contribution in [2.45, 2.75) is 13.3 Å². The Bertz CT molecular complexity index is 572. The molecule has 18 heavy (non-hydrogen) atoms. The van der Waals surface area contributed by atoms with Crippen molar-refractivity contribution in [2.24, 2.45) is 0 Å². The molecule has 0 saturated heterocycles. The molecule has 0 aliphatic rings. The lowest BCUT2D eigenvalue weighted by molar-refractivity contribution is -0.107. The molecule has 1 aromatic heterocycles. The number of halogens is 1. The van der Waals surface area contributed by atoms with Crippen LogP contribution in [0.4, 0.5) is 11.5 Å². The van der Waals surface area contributed by atoms with Gasteiger partial charge in [0.2, 0.25) is 5.28 Å². The van der Waals surface area contributed by atoms with Crippen molar-refractivity contribution in [1.82, 2.24) is 9.97 Å². The third-order valence-electron chi connectivity index (χ3n) is 2.51. The molecule has 0 bridgehead atoms. The van der Waals surface area contributed by atoms with Crippen molar-refractivity contribution >= 4 is 29.4 Å². The summed E-state index contributed by atoms with van der Waals surface area (Å²) in [5, 5.41) is 3.36. The predicted octanol–water partition coefficient (Wildman–Crippen LogP) is 2.92. The molecule has 0 amide bonds. The zero-order chi connectivity index (χ0) is 13.0. The first-order valence-electron chi connectivity index (χ1n) is 5.48. The second kappa shape index (κ2) is 5.60. The molecule has 1 N–H and O–H groups in total. The highest BCUT2D eigenvalue weighted by molar-refractivity contribution is 6.28. The summed E-state index contributed by atoms with van der Waals surface area (Å²) in [4.78, 5) is 18.4. The number of carbonyl (C=O) groups excluding carboxylic acids is 1. The van der Waals surface area contributed by atoms with Crippen LogP contribution in [0.2, 0.25) is 5.28 Å². The average molecular weight is 262 g/mol. The van der Waals surface area contributed by atoms with Gasteiger partial charge in [0.05, 0.1) is 0 Å². The number of carbonyl (C=O) groups is 1. The molecule has 1 heterocycles. The van der Waals surface area contributed by atoms with Crippen molar-refractivity contribution < 1.29 is 4.79 Å². The van der Waals surface area contributed by atoms with Crippen LogP contribution >= 0.6 is 11.6 Å². The quantitative estimate of drug-likeness (QED) is 0.679. The molecule has 2 aromatic rings. The first-order chi connectivity index (χ1) is 8.69. The molecule has 0 aliphatic carbocycles. The van der Waals surface area contributed by atoms with Gasteiger partial charge in [0.25, 0.3) is 0 Å². The van der Waals surface area contributed by atoms with E-state index in [0.29, 0.717) is 12.2 Å². The highest BCUT2D eigenvalue weighted by atomic mass is 35.5. The van der Waals surface area contributed by atoms with Crippen molar-refractivity contribution in [3.63, 3.8) is 0 Å². The maximum Gasteiger partial charge on any atom is 0.224 e. The Labute approximate surface area is 110 Å². The van der Waals surface area contributed by atoms with Crippen LogP contribution in [-0.4, -0.2) is 16.3 Å². The number of aromatic nitrogens is 2. The third-order valence-corrected chi connectivity index (χ3v) is 2.69. The molecule has 0 atom stereocenters. The minimum atomic E-state index is 0.196. The number of hydrogen-bond acceptors (Lipinski definition) is 4. The molecule has 92 valence electrons. The third kappa shape index (κ3) is 3.05. The summed E-state index contributed by atoms with van der Waals surface area (Å²) in [5.41, 5.74) is 2.93. The van der Waals surface area contributed by atoms with Gasteiger partial charge in [-0.05, 0) is 41.8 Å². The fourth-order valence-corrected chi connectivity index (χ4v) is 1.72. The van der Waals surface area contributed by atoms with Crippen LogP contribution in [0.1, 0.15) is 11.1 Å². The lowest BCUT2D eigenvalue weighted by Gasteiger charge is -2.10. The molecular weight excluding hydrogens is 250 g/mol. The van der Waals surface area contributed by atoms with E-state index in [2.05, 4.69) is 15.3 Å². The summed E-state index contributed by atoms with van der Waals surface area (Å²) in [6, 6.07) is 7.56. The van der Waals surface area contributed by atoms with Crippen LogP contribution in [0.25, 0.3) is 0 Å². The molecule has 0 aliphatic heterocycles. The molecule has 1 aromatic carbocycles. The number of aryl methyl sites for hydroxylation is 1. The van der Waals surface area contributed by atoms with E-state index in [0.717, 1.165) is 23.1 Å². The molecule has 0 unspecified atom stereocenters.